The van der Waals surface area contributed by atoms with Gasteiger partial charge in [0.05, 0.1) is 0 Å². The monoisotopic (exact) mass is 540 g/mol. The summed E-state index contributed by atoms with van der Waals surface area (Å²) in [6.45, 7) is 6.23. The molecule has 8 nitrogen and oxygen atoms in total. The average molecular weight is 541 g/mol. The van der Waals surface area contributed by atoms with Gasteiger partial charge in [-0.3, -0.25) is 19.2 Å². The van der Waals surface area contributed by atoms with Crippen LogP contribution in [0.25, 0.3) is 0 Å². The summed E-state index contributed by atoms with van der Waals surface area (Å²) in [4.78, 5) is 55.4. The molecule has 0 aromatic heterocycles. The fourth-order valence-electron chi connectivity index (χ4n) is 5.22. The smallest absolute Gasteiger partial charge is 0.255 e. The molecule has 0 saturated carbocycles. The van der Waals surface area contributed by atoms with Gasteiger partial charge in [-0.15, -0.1) is 0 Å². The second kappa shape index (κ2) is 12.6. The first-order valence-electron chi connectivity index (χ1n) is 13.5. The van der Waals surface area contributed by atoms with Crippen molar-refractivity contribution >= 4 is 29.3 Å². The number of nitrogens with one attached hydrogen (secondary N) is 2. The maximum absolute atomic E-state index is 14.2. The molecule has 1 aliphatic rings. The number of hydrogen-bond acceptors (Lipinski definition) is 4. The Morgan fingerprint density at radius 2 is 1.50 bits per heavy atom. The van der Waals surface area contributed by atoms with Gasteiger partial charge in [0.15, 0.2) is 0 Å². The molecular weight excluding hydrogens is 504 g/mol. The molecule has 4 rings (SSSR count). The van der Waals surface area contributed by atoms with Gasteiger partial charge < -0.3 is 20.4 Å². The molecule has 3 aromatic rings. The van der Waals surface area contributed by atoms with Gasteiger partial charge in [-0.25, -0.2) is 0 Å². The molecule has 1 aliphatic heterocycles. The van der Waals surface area contributed by atoms with Crippen molar-refractivity contribution in [1.82, 2.24) is 15.1 Å². The van der Waals surface area contributed by atoms with Crippen molar-refractivity contribution in [1.29, 1.82) is 0 Å². The molecule has 8 heteroatoms. The number of amides is 4. The zero-order valence-corrected chi connectivity index (χ0v) is 23.3. The quantitative estimate of drug-likeness (QED) is 0.445. The van der Waals surface area contributed by atoms with Crippen LogP contribution < -0.4 is 10.6 Å². The number of carbonyl (C=O) groups excluding carboxylic acids is 4. The Labute approximate surface area is 235 Å². The Kier molecular flexibility index (Phi) is 8.99. The number of rotatable bonds is 8. The predicted octanol–water partition coefficient (Wildman–Crippen LogP) is 4.29. The first-order valence-corrected chi connectivity index (χ1v) is 13.5. The molecule has 1 saturated heterocycles. The van der Waals surface area contributed by atoms with Crippen LogP contribution in [0.15, 0.2) is 78.9 Å². The van der Waals surface area contributed by atoms with Crippen LogP contribution in [-0.2, 0) is 27.5 Å². The highest BCUT2D eigenvalue weighted by atomic mass is 16.2. The van der Waals surface area contributed by atoms with E-state index in [1.807, 2.05) is 61.5 Å². The van der Waals surface area contributed by atoms with E-state index in [1.165, 1.54) is 13.8 Å². The lowest BCUT2D eigenvalue weighted by atomic mass is 9.83. The molecule has 2 N–H and O–H groups in total. The molecule has 40 heavy (non-hydrogen) atoms. The summed E-state index contributed by atoms with van der Waals surface area (Å²) in [5.74, 6) is -0.785. The molecule has 0 aliphatic carbocycles. The Bertz CT molecular complexity index is 1360. The maximum atomic E-state index is 14.2. The topological polar surface area (TPSA) is 98.8 Å². The lowest BCUT2D eigenvalue weighted by Gasteiger charge is -2.47. The highest BCUT2D eigenvalue weighted by Crippen LogP contribution is 2.33. The number of likely N-dealkylation sites (tertiary alicyclic amines) is 1. The van der Waals surface area contributed by atoms with E-state index >= 15 is 0 Å². The van der Waals surface area contributed by atoms with E-state index in [0.717, 1.165) is 16.7 Å². The number of aryl methyl sites for hydroxylation is 1. The lowest BCUT2D eigenvalue weighted by Crippen LogP contribution is -2.64. The van der Waals surface area contributed by atoms with Gasteiger partial charge >= 0.3 is 0 Å². The average Bonchev–Trinajstić information content (AvgIpc) is 2.95. The van der Waals surface area contributed by atoms with Gasteiger partial charge in [0, 0.05) is 51.3 Å². The summed E-state index contributed by atoms with van der Waals surface area (Å²) in [6.07, 6.45) is 0.628. The van der Waals surface area contributed by atoms with Crippen molar-refractivity contribution in [2.75, 3.05) is 18.4 Å². The molecule has 0 spiro atoms. The Morgan fingerprint density at radius 3 is 2.10 bits per heavy atom. The molecule has 0 atom stereocenters. The third-order valence-corrected chi connectivity index (χ3v) is 7.39. The van der Waals surface area contributed by atoms with E-state index in [1.54, 1.807) is 34.1 Å². The molecular formula is C32H36N4O4. The number of carbonyl (C=O) groups is 4. The minimum absolute atomic E-state index is 0.0524. The molecule has 1 heterocycles. The molecule has 0 radical (unpaired) electrons. The summed E-state index contributed by atoms with van der Waals surface area (Å²) in [5, 5.41) is 5.80. The van der Waals surface area contributed by atoms with Gasteiger partial charge in [0.25, 0.3) is 5.91 Å². The Morgan fingerprint density at radius 1 is 0.850 bits per heavy atom. The minimum atomic E-state index is -1.17. The minimum Gasteiger partial charge on any atom is -0.350 e. The summed E-state index contributed by atoms with van der Waals surface area (Å²) in [6, 6.07) is 24.2. The van der Waals surface area contributed by atoms with Crippen molar-refractivity contribution in [2.45, 2.75) is 52.2 Å². The Hall–Kier alpha value is -4.46. The van der Waals surface area contributed by atoms with Crippen molar-refractivity contribution in [3.05, 3.63) is 101 Å². The zero-order chi connectivity index (χ0) is 28.7. The SMILES string of the molecule is CC(=O)Nc1ccc(C(=O)N(Cc2cccc(C)c2)C2(C(=O)NCc3ccccc3)CCN(C(C)=O)CC2)cc1. The largest absolute Gasteiger partial charge is 0.350 e. The van der Waals surface area contributed by atoms with E-state index in [2.05, 4.69) is 10.6 Å². The van der Waals surface area contributed by atoms with Gasteiger partial charge in [-0.2, -0.15) is 0 Å². The molecule has 4 amide bonds. The fraction of sp³-hybridized carbons (Fsp3) is 0.312. The number of anilines is 1. The number of hydrogen-bond donors (Lipinski definition) is 2. The van der Waals surface area contributed by atoms with Gasteiger partial charge in [-0.1, -0.05) is 60.2 Å². The van der Waals surface area contributed by atoms with E-state index in [9.17, 15) is 19.2 Å². The van der Waals surface area contributed by atoms with E-state index < -0.39 is 5.54 Å². The van der Waals surface area contributed by atoms with E-state index in [-0.39, 0.29) is 30.2 Å². The van der Waals surface area contributed by atoms with Gasteiger partial charge in [0.1, 0.15) is 5.54 Å². The zero-order valence-electron chi connectivity index (χ0n) is 23.3. The molecule has 3 aromatic carbocycles. The summed E-state index contributed by atoms with van der Waals surface area (Å²) < 4.78 is 0. The lowest BCUT2D eigenvalue weighted by molar-refractivity contribution is -0.141. The van der Waals surface area contributed by atoms with Crippen LogP contribution in [0.5, 0.6) is 0 Å². The number of piperidine rings is 1. The van der Waals surface area contributed by atoms with Crippen molar-refractivity contribution in [2.24, 2.45) is 0 Å². The molecule has 208 valence electrons. The van der Waals surface area contributed by atoms with Crippen LogP contribution in [0.1, 0.15) is 53.7 Å². The summed E-state index contributed by atoms with van der Waals surface area (Å²) in [7, 11) is 0. The maximum Gasteiger partial charge on any atom is 0.255 e. The van der Waals surface area contributed by atoms with Gasteiger partial charge in [-0.05, 0) is 55.2 Å². The van der Waals surface area contributed by atoms with E-state index in [0.29, 0.717) is 43.7 Å². The number of benzene rings is 3. The van der Waals surface area contributed by atoms with Crippen LogP contribution in [0.3, 0.4) is 0 Å². The van der Waals surface area contributed by atoms with Crippen LogP contribution in [0.2, 0.25) is 0 Å². The normalized spacial score (nSPS) is 14.2. The van der Waals surface area contributed by atoms with Crippen LogP contribution >= 0.6 is 0 Å². The van der Waals surface area contributed by atoms with Crippen molar-refractivity contribution < 1.29 is 19.2 Å². The predicted molar refractivity (Wildman–Crippen MR) is 154 cm³/mol. The third-order valence-electron chi connectivity index (χ3n) is 7.39. The fourth-order valence-corrected chi connectivity index (χ4v) is 5.22. The first-order chi connectivity index (χ1) is 19.2. The molecule has 0 unspecified atom stereocenters. The van der Waals surface area contributed by atoms with Crippen molar-refractivity contribution in [3.8, 4) is 0 Å². The van der Waals surface area contributed by atoms with Crippen molar-refractivity contribution in [3.63, 3.8) is 0 Å². The highest BCUT2D eigenvalue weighted by Gasteiger charge is 2.48. The highest BCUT2D eigenvalue weighted by molar-refractivity contribution is 6.00. The van der Waals surface area contributed by atoms with Crippen LogP contribution in [0, 0.1) is 6.92 Å². The standard InChI is InChI=1S/C32H36N4O4/c1-23-8-7-11-27(20-23)22-36(30(39)28-12-14-29(15-13-28)34-24(2)37)32(16-18-35(19-17-32)25(3)38)31(40)33-21-26-9-5-4-6-10-26/h4-15,20H,16-19,21-22H2,1-3H3,(H,33,40)(H,34,37). The number of nitrogens with zero attached hydrogens (tertiary/aromatic N) is 2. The van der Waals surface area contributed by atoms with E-state index in [4.69, 9.17) is 0 Å². The first kappa shape index (κ1) is 28.5. The second-order valence-electron chi connectivity index (χ2n) is 10.3. The molecule has 0 bridgehead atoms. The second-order valence-corrected chi connectivity index (χ2v) is 10.3. The summed E-state index contributed by atoms with van der Waals surface area (Å²) >= 11 is 0. The molecule has 1 fully saturated rings. The Balaban J connectivity index is 1.72. The van der Waals surface area contributed by atoms with Crippen LogP contribution in [0.4, 0.5) is 5.69 Å². The van der Waals surface area contributed by atoms with Gasteiger partial charge in [0.2, 0.25) is 17.7 Å². The summed E-state index contributed by atoms with van der Waals surface area (Å²) in [5.41, 5.74) is 2.74. The van der Waals surface area contributed by atoms with Crippen LogP contribution in [-0.4, -0.2) is 52.1 Å². The third kappa shape index (κ3) is 6.75.